The molecule has 2 unspecified atom stereocenters. The van der Waals surface area contributed by atoms with Crippen molar-refractivity contribution < 1.29 is 4.39 Å². The molecule has 100 valence electrons. The molecule has 0 amide bonds. The van der Waals surface area contributed by atoms with Crippen molar-refractivity contribution >= 4 is 5.69 Å². The first kappa shape index (κ1) is 13.3. The molecule has 3 nitrogen and oxygen atoms in total. The summed E-state index contributed by atoms with van der Waals surface area (Å²) >= 11 is 0. The summed E-state index contributed by atoms with van der Waals surface area (Å²) in [4.78, 5) is 4.42. The maximum Gasteiger partial charge on any atom is 0.146 e. The van der Waals surface area contributed by atoms with E-state index in [0.29, 0.717) is 18.3 Å². The van der Waals surface area contributed by atoms with Gasteiger partial charge in [0.05, 0.1) is 5.69 Å². The van der Waals surface area contributed by atoms with E-state index in [2.05, 4.69) is 23.8 Å². The Morgan fingerprint density at radius 1 is 1.39 bits per heavy atom. The third kappa shape index (κ3) is 2.65. The van der Waals surface area contributed by atoms with Crippen molar-refractivity contribution in [1.29, 1.82) is 0 Å². The molecule has 0 aromatic heterocycles. The minimum absolute atomic E-state index is 0.148. The van der Waals surface area contributed by atoms with Gasteiger partial charge >= 0.3 is 0 Å². The fraction of sp³-hybridized carbons (Fsp3) is 0.571. The van der Waals surface area contributed by atoms with Crippen LogP contribution in [0.2, 0.25) is 0 Å². The second-order valence-electron chi connectivity index (χ2n) is 5.11. The zero-order valence-electron chi connectivity index (χ0n) is 11.1. The summed E-state index contributed by atoms with van der Waals surface area (Å²) in [5, 5.41) is 0. The highest BCUT2D eigenvalue weighted by molar-refractivity contribution is 5.49. The molecule has 0 saturated carbocycles. The fourth-order valence-electron chi connectivity index (χ4n) is 2.55. The quantitative estimate of drug-likeness (QED) is 0.868. The van der Waals surface area contributed by atoms with Gasteiger partial charge in [-0.05, 0) is 32.5 Å². The first-order chi connectivity index (χ1) is 8.63. The first-order valence-electron chi connectivity index (χ1n) is 6.55. The standard InChI is InChI=1S/C14H22FN3/c1-11-7-8-17(2)12(9-16)10-18(11)14-6-4-3-5-13(14)15/h3-6,11-12H,7-10,16H2,1-2H3. The zero-order valence-corrected chi connectivity index (χ0v) is 11.1. The Morgan fingerprint density at radius 3 is 2.78 bits per heavy atom. The van der Waals surface area contributed by atoms with E-state index >= 15 is 0 Å². The van der Waals surface area contributed by atoms with Gasteiger partial charge in [-0.25, -0.2) is 4.39 Å². The monoisotopic (exact) mass is 251 g/mol. The van der Waals surface area contributed by atoms with Crippen molar-refractivity contribution in [3.05, 3.63) is 30.1 Å². The van der Waals surface area contributed by atoms with E-state index in [1.165, 1.54) is 6.07 Å². The Balaban J connectivity index is 2.27. The molecule has 1 heterocycles. The lowest BCUT2D eigenvalue weighted by atomic mass is 10.1. The van der Waals surface area contributed by atoms with Gasteiger partial charge in [0.15, 0.2) is 0 Å². The van der Waals surface area contributed by atoms with Crippen molar-refractivity contribution in [2.24, 2.45) is 5.73 Å². The summed E-state index contributed by atoms with van der Waals surface area (Å²) < 4.78 is 13.9. The normalized spacial score (nSPS) is 26.1. The average molecular weight is 251 g/mol. The Labute approximate surface area is 108 Å². The van der Waals surface area contributed by atoms with Gasteiger partial charge in [0.25, 0.3) is 0 Å². The highest BCUT2D eigenvalue weighted by Crippen LogP contribution is 2.25. The lowest BCUT2D eigenvalue weighted by molar-refractivity contribution is 0.265. The van der Waals surface area contributed by atoms with E-state index in [4.69, 9.17) is 5.73 Å². The second-order valence-corrected chi connectivity index (χ2v) is 5.11. The molecule has 1 fully saturated rings. The molecule has 1 aromatic rings. The SMILES string of the molecule is CC1CCN(C)C(CN)CN1c1ccccc1F. The predicted octanol–water partition coefficient (Wildman–Crippen LogP) is 1.68. The number of rotatable bonds is 2. The van der Waals surface area contributed by atoms with E-state index in [1.54, 1.807) is 6.07 Å². The van der Waals surface area contributed by atoms with Gasteiger partial charge in [-0.2, -0.15) is 0 Å². The van der Waals surface area contributed by atoms with E-state index in [1.807, 2.05) is 12.1 Å². The van der Waals surface area contributed by atoms with E-state index in [-0.39, 0.29) is 11.9 Å². The van der Waals surface area contributed by atoms with Gasteiger partial charge in [0.1, 0.15) is 5.82 Å². The molecule has 0 spiro atoms. The summed E-state index contributed by atoms with van der Waals surface area (Å²) in [7, 11) is 2.09. The van der Waals surface area contributed by atoms with Crippen molar-refractivity contribution in [1.82, 2.24) is 4.90 Å². The van der Waals surface area contributed by atoms with Crippen LogP contribution in [0, 0.1) is 5.82 Å². The minimum Gasteiger partial charge on any atom is -0.365 e. The molecule has 0 radical (unpaired) electrons. The number of likely N-dealkylation sites (N-methyl/N-ethyl adjacent to an activating group) is 1. The largest absolute Gasteiger partial charge is 0.365 e. The van der Waals surface area contributed by atoms with Crippen LogP contribution in [0.5, 0.6) is 0 Å². The molecule has 0 aliphatic carbocycles. The van der Waals surface area contributed by atoms with Crippen molar-refractivity contribution in [2.45, 2.75) is 25.4 Å². The zero-order chi connectivity index (χ0) is 13.1. The van der Waals surface area contributed by atoms with E-state index in [0.717, 1.165) is 19.5 Å². The van der Waals surface area contributed by atoms with Crippen LogP contribution < -0.4 is 10.6 Å². The third-order valence-corrected chi connectivity index (χ3v) is 3.90. The Bertz CT molecular complexity index is 396. The maximum absolute atomic E-state index is 13.9. The molecule has 1 saturated heterocycles. The second kappa shape index (κ2) is 5.67. The molecule has 0 bridgehead atoms. The van der Waals surface area contributed by atoms with Crippen LogP contribution in [0.25, 0.3) is 0 Å². The number of nitrogens with zero attached hydrogens (tertiary/aromatic N) is 2. The van der Waals surface area contributed by atoms with Crippen LogP contribution >= 0.6 is 0 Å². The number of benzene rings is 1. The lowest BCUT2D eigenvalue weighted by Crippen LogP contribution is -2.45. The number of hydrogen-bond donors (Lipinski definition) is 1. The molecule has 2 N–H and O–H groups in total. The average Bonchev–Trinajstić information content (AvgIpc) is 2.51. The first-order valence-corrected chi connectivity index (χ1v) is 6.55. The molecule has 1 aliphatic rings. The smallest absolute Gasteiger partial charge is 0.146 e. The molecule has 18 heavy (non-hydrogen) atoms. The van der Waals surface area contributed by atoms with Crippen LogP contribution in [-0.4, -0.2) is 43.7 Å². The number of para-hydroxylation sites is 1. The molecule has 1 aromatic carbocycles. The Morgan fingerprint density at radius 2 is 2.11 bits per heavy atom. The van der Waals surface area contributed by atoms with Crippen molar-refractivity contribution in [3.63, 3.8) is 0 Å². The number of anilines is 1. The van der Waals surface area contributed by atoms with Gasteiger partial charge in [0, 0.05) is 31.7 Å². The molecule has 2 atom stereocenters. The Hall–Kier alpha value is -1.13. The van der Waals surface area contributed by atoms with Crippen LogP contribution in [0.1, 0.15) is 13.3 Å². The molecular weight excluding hydrogens is 229 g/mol. The molecule has 1 aliphatic heterocycles. The van der Waals surface area contributed by atoms with E-state index < -0.39 is 0 Å². The predicted molar refractivity (Wildman–Crippen MR) is 73.3 cm³/mol. The summed E-state index contributed by atoms with van der Waals surface area (Å²) in [6.07, 6.45) is 1.03. The lowest BCUT2D eigenvalue weighted by Gasteiger charge is -2.32. The van der Waals surface area contributed by atoms with Crippen LogP contribution in [0.15, 0.2) is 24.3 Å². The van der Waals surface area contributed by atoms with Crippen LogP contribution in [0.4, 0.5) is 10.1 Å². The molecule has 2 rings (SSSR count). The summed E-state index contributed by atoms with van der Waals surface area (Å²) in [6, 6.07) is 7.61. The maximum atomic E-state index is 13.9. The highest BCUT2D eigenvalue weighted by Gasteiger charge is 2.27. The Kier molecular flexibility index (Phi) is 4.19. The van der Waals surface area contributed by atoms with E-state index in [9.17, 15) is 4.39 Å². The number of hydrogen-bond acceptors (Lipinski definition) is 3. The number of nitrogens with two attached hydrogens (primary N) is 1. The van der Waals surface area contributed by atoms with Crippen LogP contribution in [-0.2, 0) is 0 Å². The van der Waals surface area contributed by atoms with Crippen molar-refractivity contribution in [2.75, 3.05) is 31.6 Å². The fourth-order valence-corrected chi connectivity index (χ4v) is 2.55. The summed E-state index contributed by atoms with van der Waals surface area (Å²) in [5.74, 6) is -0.148. The van der Waals surface area contributed by atoms with Gasteiger partial charge in [-0.1, -0.05) is 12.1 Å². The number of halogens is 1. The van der Waals surface area contributed by atoms with Gasteiger partial charge in [0.2, 0.25) is 0 Å². The topological polar surface area (TPSA) is 32.5 Å². The third-order valence-electron chi connectivity index (χ3n) is 3.90. The highest BCUT2D eigenvalue weighted by atomic mass is 19.1. The summed E-state index contributed by atoms with van der Waals surface area (Å²) in [6.45, 7) is 4.55. The molecule has 4 heteroatoms. The van der Waals surface area contributed by atoms with Gasteiger partial charge in [-0.3, -0.25) is 0 Å². The van der Waals surface area contributed by atoms with Gasteiger partial charge < -0.3 is 15.5 Å². The molecular formula is C14H22FN3. The van der Waals surface area contributed by atoms with Gasteiger partial charge in [-0.15, -0.1) is 0 Å². The summed E-state index contributed by atoms with van der Waals surface area (Å²) in [5.41, 5.74) is 6.52. The minimum atomic E-state index is -0.148. The van der Waals surface area contributed by atoms with Crippen molar-refractivity contribution in [3.8, 4) is 0 Å². The van der Waals surface area contributed by atoms with Crippen LogP contribution in [0.3, 0.4) is 0 Å².